The third kappa shape index (κ3) is 3.73. The van der Waals surface area contributed by atoms with Gasteiger partial charge in [0.2, 0.25) is 0 Å². The Morgan fingerprint density at radius 1 is 1.11 bits per heavy atom. The second-order valence-corrected chi connectivity index (χ2v) is 2.52. The van der Waals surface area contributed by atoms with Crippen molar-refractivity contribution in [1.29, 1.82) is 0 Å². The van der Waals surface area contributed by atoms with E-state index in [9.17, 15) is 9.59 Å². The Labute approximate surface area is 57.6 Å². The minimum absolute atomic E-state index is 0.298. The van der Waals surface area contributed by atoms with Crippen LogP contribution in [0.5, 0.6) is 0 Å². The van der Waals surface area contributed by atoms with Gasteiger partial charge in [0.15, 0.2) is 12.6 Å². The molecule has 0 aromatic carbocycles. The number of rotatable bonds is 4. The third-order valence-electron chi connectivity index (χ3n) is 0.525. The van der Waals surface area contributed by atoms with Crippen LogP contribution in [-0.2, 0) is 9.59 Å². The lowest BCUT2D eigenvalue weighted by atomic mass is 10.7. The summed E-state index contributed by atoms with van der Waals surface area (Å²) in [5.41, 5.74) is 0. The van der Waals surface area contributed by atoms with Crippen molar-refractivity contribution in [1.82, 2.24) is 0 Å². The highest BCUT2D eigenvalue weighted by Crippen LogP contribution is 2.17. The summed E-state index contributed by atoms with van der Waals surface area (Å²) >= 11 is 0.975. The molecule has 48 valence electrons. The topological polar surface area (TPSA) is 34.1 Å². The molecule has 0 aliphatic heterocycles. The van der Waals surface area contributed by atoms with E-state index in [1.54, 1.807) is 0 Å². The summed E-state index contributed by atoms with van der Waals surface area (Å²) in [5, 5.41) is 0. The Kier molecular flexibility index (Phi) is 3.71. The molecule has 0 aromatic heterocycles. The lowest BCUT2D eigenvalue weighted by molar-refractivity contribution is -0.104. The fourth-order valence-corrected chi connectivity index (χ4v) is 0.649. The number of carbonyl (C=O) groups is 2. The van der Waals surface area contributed by atoms with Gasteiger partial charge in [0.05, 0.1) is 0 Å². The molecule has 9 heavy (non-hydrogen) atoms. The van der Waals surface area contributed by atoms with E-state index in [1.165, 1.54) is 0 Å². The zero-order valence-corrected chi connectivity index (χ0v) is 5.61. The molecule has 0 saturated heterocycles. The van der Waals surface area contributed by atoms with Gasteiger partial charge in [-0.2, -0.15) is 0 Å². The number of hydrogen-bond donors (Lipinski definition) is 0. The van der Waals surface area contributed by atoms with Crippen molar-refractivity contribution in [2.75, 3.05) is 0 Å². The van der Waals surface area contributed by atoms with E-state index in [1.807, 2.05) is 0 Å². The lowest BCUT2D eigenvalue weighted by Crippen LogP contribution is -1.77. The van der Waals surface area contributed by atoms with Gasteiger partial charge in [0.25, 0.3) is 0 Å². The summed E-state index contributed by atoms with van der Waals surface area (Å²) in [7, 11) is 0. The average molecular weight is 142 g/mol. The molecule has 0 atom stereocenters. The average Bonchev–Trinajstić information content (AvgIpc) is 1.87. The molecule has 0 saturated carbocycles. The van der Waals surface area contributed by atoms with E-state index < -0.39 is 0 Å². The molecule has 3 heteroatoms. The summed E-state index contributed by atoms with van der Waals surface area (Å²) < 4.78 is 0. The smallest absolute Gasteiger partial charge is 0.156 e. The number of carbonyl (C=O) groups excluding carboxylic acids is 2. The van der Waals surface area contributed by atoms with E-state index in [2.05, 4.69) is 13.2 Å². The fourth-order valence-electron chi connectivity index (χ4n) is 0.216. The molecule has 0 N–H and O–H groups in total. The van der Waals surface area contributed by atoms with Gasteiger partial charge in [-0.15, -0.1) is 0 Å². The van der Waals surface area contributed by atoms with Crippen molar-refractivity contribution >= 4 is 24.3 Å². The van der Waals surface area contributed by atoms with Crippen LogP contribution in [0.4, 0.5) is 0 Å². The molecular weight excluding hydrogens is 136 g/mol. The summed E-state index contributed by atoms with van der Waals surface area (Å²) in [5.74, 6) is 0. The van der Waals surface area contributed by atoms with Crippen LogP contribution in [0.2, 0.25) is 0 Å². The Balaban J connectivity index is 3.73. The van der Waals surface area contributed by atoms with E-state index >= 15 is 0 Å². The van der Waals surface area contributed by atoms with Crippen molar-refractivity contribution in [3.8, 4) is 0 Å². The molecule has 0 radical (unpaired) electrons. The predicted octanol–water partition coefficient (Wildman–Crippen LogP) is 1.14. The highest BCUT2D eigenvalue weighted by molar-refractivity contribution is 8.08. The van der Waals surface area contributed by atoms with Crippen LogP contribution in [0.25, 0.3) is 0 Å². The maximum atomic E-state index is 9.88. The van der Waals surface area contributed by atoms with E-state index in [-0.39, 0.29) is 0 Å². The van der Waals surface area contributed by atoms with Gasteiger partial charge < -0.3 is 0 Å². The van der Waals surface area contributed by atoms with Gasteiger partial charge in [-0.05, 0) is 0 Å². The van der Waals surface area contributed by atoms with Gasteiger partial charge in [-0.25, -0.2) is 0 Å². The molecular formula is C6H6O2S. The Morgan fingerprint density at radius 3 is 1.67 bits per heavy atom. The van der Waals surface area contributed by atoms with E-state index in [0.29, 0.717) is 22.4 Å². The number of thioether (sulfide) groups is 1. The van der Waals surface area contributed by atoms with Gasteiger partial charge in [-0.3, -0.25) is 9.59 Å². The van der Waals surface area contributed by atoms with Crippen LogP contribution in [0.3, 0.4) is 0 Å². The van der Waals surface area contributed by atoms with Crippen LogP contribution >= 0.6 is 11.8 Å². The lowest BCUT2D eigenvalue weighted by Gasteiger charge is -1.90. The first-order valence-electron chi connectivity index (χ1n) is 2.16. The number of aldehydes is 2. The van der Waals surface area contributed by atoms with Crippen molar-refractivity contribution in [2.24, 2.45) is 0 Å². The maximum absolute atomic E-state index is 9.88. The van der Waals surface area contributed by atoms with Crippen LogP contribution in [0.15, 0.2) is 23.0 Å². The predicted molar refractivity (Wildman–Crippen MR) is 38.0 cm³/mol. The first kappa shape index (κ1) is 8.17. The zero-order valence-electron chi connectivity index (χ0n) is 4.79. The Hall–Kier alpha value is -0.830. The molecule has 2 nitrogen and oxygen atoms in total. The molecule has 0 aliphatic carbocycles. The van der Waals surface area contributed by atoms with Crippen molar-refractivity contribution in [3.05, 3.63) is 23.0 Å². The van der Waals surface area contributed by atoms with Crippen LogP contribution in [0.1, 0.15) is 0 Å². The Morgan fingerprint density at radius 2 is 1.44 bits per heavy atom. The van der Waals surface area contributed by atoms with Crippen molar-refractivity contribution in [2.45, 2.75) is 0 Å². The second-order valence-electron chi connectivity index (χ2n) is 1.27. The highest BCUT2D eigenvalue weighted by Gasteiger charge is 1.93. The Bertz CT molecular complexity index is 142. The minimum atomic E-state index is 0.298. The summed E-state index contributed by atoms with van der Waals surface area (Å²) in [4.78, 5) is 20.4. The molecule has 0 aliphatic rings. The molecule has 0 bridgehead atoms. The largest absolute Gasteiger partial charge is 0.297 e. The van der Waals surface area contributed by atoms with Crippen molar-refractivity contribution in [3.63, 3.8) is 0 Å². The van der Waals surface area contributed by atoms with Gasteiger partial charge in [0.1, 0.15) is 0 Å². The van der Waals surface area contributed by atoms with Crippen LogP contribution in [0, 0.1) is 0 Å². The quantitative estimate of drug-likeness (QED) is 0.436. The van der Waals surface area contributed by atoms with Crippen LogP contribution < -0.4 is 0 Å². The third-order valence-corrected chi connectivity index (χ3v) is 1.24. The minimum Gasteiger partial charge on any atom is -0.297 e. The fraction of sp³-hybridized carbons (Fsp3) is 0. The highest BCUT2D eigenvalue weighted by atomic mass is 32.2. The van der Waals surface area contributed by atoms with Gasteiger partial charge in [0, 0.05) is 9.81 Å². The standard InChI is InChI=1S/C6H6O2S/c1-5(3-7)9-6(2)4-8/h3-4H,1-2H2. The molecule has 0 heterocycles. The normalized spacial score (nSPS) is 8.00. The van der Waals surface area contributed by atoms with E-state index in [4.69, 9.17) is 0 Å². The molecule has 0 spiro atoms. The summed E-state index contributed by atoms with van der Waals surface area (Å²) in [6.45, 7) is 6.67. The molecule has 0 aromatic rings. The SMILES string of the molecule is C=C(C=O)SC(=C)C=O. The monoisotopic (exact) mass is 142 g/mol. The number of allylic oxidation sites excluding steroid dienone is 2. The molecule has 0 fully saturated rings. The maximum Gasteiger partial charge on any atom is 0.156 e. The first-order chi connectivity index (χ1) is 4.20. The molecule has 0 unspecified atom stereocenters. The second kappa shape index (κ2) is 4.09. The first-order valence-corrected chi connectivity index (χ1v) is 2.98. The van der Waals surface area contributed by atoms with Gasteiger partial charge in [-0.1, -0.05) is 24.9 Å². The molecule has 0 rings (SSSR count). The summed E-state index contributed by atoms with van der Waals surface area (Å²) in [6, 6.07) is 0. The van der Waals surface area contributed by atoms with Crippen molar-refractivity contribution < 1.29 is 9.59 Å². The number of hydrogen-bond acceptors (Lipinski definition) is 3. The van der Waals surface area contributed by atoms with Crippen LogP contribution in [-0.4, -0.2) is 12.6 Å². The van der Waals surface area contributed by atoms with E-state index in [0.717, 1.165) is 11.8 Å². The summed E-state index contributed by atoms with van der Waals surface area (Å²) in [6.07, 6.45) is 1.17. The zero-order chi connectivity index (χ0) is 7.28. The molecule has 0 amide bonds. The van der Waals surface area contributed by atoms with Gasteiger partial charge >= 0.3 is 0 Å².